The van der Waals surface area contributed by atoms with Gasteiger partial charge in [-0.15, -0.1) is 0 Å². The lowest BCUT2D eigenvalue weighted by atomic mass is 9.79. The molecule has 2 bridgehead atoms. The topological polar surface area (TPSA) is 66.5 Å². The van der Waals surface area contributed by atoms with Crippen LogP contribution in [0, 0.1) is 17.8 Å². The molecule has 2 aliphatic carbocycles. The van der Waals surface area contributed by atoms with Crippen molar-refractivity contribution >= 4 is 17.7 Å². The Morgan fingerprint density at radius 1 is 1.40 bits per heavy atom. The number of hydrogen-bond donors (Lipinski definition) is 1. The summed E-state index contributed by atoms with van der Waals surface area (Å²) >= 11 is 0. The number of fused-ring (bicyclic) bond motifs is 3. The van der Waals surface area contributed by atoms with Crippen molar-refractivity contribution < 1.29 is 14.4 Å². The zero-order valence-electron chi connectivity index (χ0n) is 12.1. The zero-order valence-corrected chi connectivity index (χ0v) is 12.1. The molecule has 0 radical (unpaired) electrons. The number of allylic oxidation sites excluding steroid dienone is 1. The van der Waals surface area contributed by atoms with E-state index in [1.54, 1.807) is 0 Å². The fourth-order valence-corrected chi connectivity index (χ4v) is 3.99. The zero-order chi connectivity index (χ0) is 14.7. The number of hydrogen-bond acceptors (Lipinski definition) is 3. The van der Waals surface area contributed by atoms with Crippen molar-refractivity contribution in [1.82, 2.24) is 10.2 Å². The molecule has 0 unspecified atom stereocenters. The van der Waals surface area contributed by atoms with Gasteiger partial charge in [0.15, 0.2) is 0 Å². The second-order valence-electron chi connectivity index (χ2n) is 6.53. The van der Waals surface area contributed by atoms with Crippen molar-refractivity contribution in [2.45, 2.75) is 45.2 Å². The van der Waals surface area contributed by atoms with Crippen LogP contribution in [0.25, 0.3) is 0 Å². The average molecular weight is 276 g/mol. The molecule has 5 heteroatoms. The average Bonchev–Trinajstić information content (AvgIpc) is 2.93. The second kappa shape index (κ2) is 4.17. The summed E-state index contributed by atoms with van der Waals surface area (Å²) < 4.78 is 0. The standard InChI is InChI=1S/C15H20N2O3/c1-8(2)12-13(19)16-15(14(20)17(12)9(3)18)7-10-4-5-11(15)6-10/h4-5,8,10-12H,6-7H2,1-3H3,(H,16,19)/t10-,11+,12+,15-/m1/s1. The molecule has 4 atom stereocenters. The van der Waals surface area contributed by atoms with Gasteiger partial charge in [0.2, 0.25) is 11.8 Å². The first-order valence-electron chi connectivity index (χ1n) is 7.21. The molecule has 3 rings (SSSR count). The van der Waals surface area contributed by atoms with Crippen molar-refractivity contribution in [3.05, 3.63) is 12.2 Å². The van der Waals surface area contributed by atoms with Gasteiger partial charge in [0.05, 0.1) is 0 Å². The van der Waals surface area contributed by atoms with Gasteiger partial charge in [-0.05, 0) is 24.7 Å². The molecule has 0 aromatic heterocycles. The molecule has 5 nitrogen and oxygen atoms in total. The van der Waals surface area contributed by atoms with E-state index in [4.69, 9.17) is 0 Å². The number of carbonyl (C=O) groups excluding carboxylic acids is 3. The molecular formula is C15H20N2O3. The van der Waals surface area contributed by atoms with Crippen molar-refractivity contribution in [2.75, 3.05) is 0 Å². The highest BCUT2D eigenvalue weighted by molar-refractivity contribution is 6.09. The van der Waals surface area contributed by atoms with Crippen LogP contribution in [0.15, 0.2) is 12.2 Å². The Kier molecular flexibility index (Phi) is 2.78. The van der Waals surface area contributed by atoms with E-state index in [9.17, 15) is 14.4 Å². The number of imide groups is 1. The first-order valence-corrected chi connectivity index (χ1v) is 7.21. The summed E-state index contributed by atoms with van der Waals surface area (Å²) in [5.74, 6) is -0.479. The lowest BCUT2D eigenvalue weighted by Gasteiger charge is -2.46. The highest BCUT2D eigenvalue weighted by Crippen LogP contribution is 2.48. The molecule has 0 aromatic rings. The first kappa shape index (κ1) is 13.3. The largest absolute Gasteiger partial charge is 0.339 e. The van der Waals surface area contributed by atoms with Crippen LogP contribution in [0.1, 0.15) is 33.6 Å². The molecule has 1 saturated carbocycles. The lowest BCUT2D eigenvalue weighted by Crippen LogP contribution is -2.73. The number of rotatable bonds is 1. The molecule has 1 N–H and O–H groups in total. The van der Waals surface area contributed by atoms with Crippen molar-refractivity contribution in [3.8, 4) is 0 Å². The molecular weight excluding hydrogens is 256 g/mol. The van der Waals surface area contributed by atoms with Crippen molar-refractivity contribution in [2.24, 2.45) is 17.8 Å². The highest BCUT2D eigenvalue weighted by Gasteiger charge is 2.60. The third kappa shape index (κ3) is 1.58. The van der Waals surface area contributed by atoms with Crippen LogP contribution < -0.4 is 5.32 Å². The summed E-state index contributed by atoms with van der Waals surface area (Å²) in [5, 5.41) is 2.96. The monoisotopic (exact) mass is 276 g/mol. The number of nitrogens with one attached hydrogen (secondary N) is 1. The fourth-order valence-electron chi connectivity index (χ4n) is 3.99. The van der Waals surface area contributed by atoms with Crippen LogP contribution in [-0.2, 0) is 14.4 Å². The van der Waals surface area contributed by atoms with E-state index in [-0.39, 0.29) is 29.6 Å². The van der Waals surface area contributed by atoms with Gasteiger partial charge >= 0.3 is 0 Å². The maximum Gasteiger partial charge on any atom is 0.256 e. The van der Waals surface area contributed by atoms with Gasteiger partial charge in [-0.3, -0.25) is 19.3 Å². The number of amides is 3. The van der Waals surface area contributed by atoms with Gasteiger partial charge in [-0.2, -0.15) is 0 Å². The smallest absolute Gasteiger partial charge is 0.256 e. The Bertz CT molecular complexity index is 525. The summed E-state index contributed by atoms with van der Waals surface area (Å²) in [7, 11) is 0. The van der Waals surface area contributed by atoms with E-state index in [1.807, 2.05) is 19.9 Å². The van der Waals surface area contributed by atoms with E-state index in [0.29, 0.717) is 12.3 Å². The van der Waals surface area contributed by atoms with E-state index < -0.39 is 11.6 Å². The van der Waals surface area contributed by atoms with Gasteiger partial charge in [-0.1, -0.05) is 26.0 Å². The minimum atomic E-state index is -0.881. The van der Waals surface area contributed by atoms with Gasteiger partial charge in [0.25, 0.3) is 5.91 Å². The minimum Gasteiger partial charge on any atom is -0.339 e. The predicted molar refractivity (Wildman–Crippen MR) is 72.4 cm³/mol. The molecule has 3 aliphatic rings. The fraction of sp³-hybridized carbons (Fsp3) is 0.667. The minimum absolute atomic E-state index is 0.0268. The predicted octanol–water partition coefficient (Wildman–Crippen LogP) is 0.851. The number of piperazine rings is 1. The third-order valence-corrected chi connectivity index (χ3v) is 4.85. The van der Waals surface area contributed by atoms with E-state index in [2.05, 4.69) is 11.4 Å². The molecule has 2 fully saturated rings. The Hall–Kier alpha value is -1.65. The number of nitrogens with zero attached hydrogens (tertiary/aromatic N) is 1. The molecule has 3 amide bonds. The molecule has 1 spiro atoms. The van der Waals surface area contributed by atoms with E-state index in [0.717, 1.165) is 6.42 Å². The maximum atomic E-state index is 12.9. The number of carbonyl (C=O) groups is 3. The Morgan fingerprint density at radius 2 is 2.10 bits per heavy atom. The SMILES string of the molecule is CC(=O)N1C(=O)[C@]2(C[C@@H]3C=C[C@H]2C3)NC(=O)[C@@H]1C(C)C. The molecule has 20 heavy (non-hydrogen) atoms. The van der Waals surface area contributed by atoms with Crippen LogP contribution in [0.4, 0.5) is 0 Å². The van der Waals surface area contributed by atoms with Gasteiger partial charge in [0, 0.05) is 12.8 Å². The summed E-state index contributed by atoms with van der Waals surface area (Å²) in [6.07, 6.45) is 5.64. The van der Waals surface area contributed by atoms with Gasteiger partial charge in [0.1, 0.15) is 11.6 Å². The summed E-state index contributed by atoms with van der Waals surface area (Å²) in [6.45, 7) is 5.07. The quantitative estimate of drug-likeness (QED) is 0.722. The molecule has 108 valence electrons. The third-order valence-electron chi connectivity index (χ3n) is 4.85. The van der Waals surface area contributed by atoms with E-state index in [1.165, 1.54) is 11.8 Å². The van der Waals surface area contributed by atoms with Crippen molar-refractivity contribution in [1.29, 1.82) is 0 Å². The molecule has 1 heterocycles. The van der Waals surface area contributed by atoms with E-state index >= 15 is 0 Å². The van der Waals surface area contributed by atoms with Crippen LogP contribution in [0.3, 0.4) is 0 Å². The molecule has 1 aliphatic heterocycles. The normalized spacial score (nSPS) is 39.0. The van der Waals surface area contributed by atoms with Crippen LogP contribution in [0.2, 0.25) is 0 Å². The lowest BCUT2D eigenvalue weighted by molar-refractivity contribution is -0.164. The first-order chi connectivity index (χ1) is 9.36. The highest BCUT2D eigenvalue weighted by atomic mass is 16.2. The van der Waals surface area contributed by atoms with Crippen LogP contribution in [-0.4, -0.2) is 34.2 Å². The van der Waals surface area contributed by atoms with Gasteiger partial charge in [-0.25, -0.2) is 0 Å². The van der Waals surface area contributed by atoms with Crippen LogP contribution >= 0.6 is 0 Å². The maximum absolute atomic E-state index is 12.9. The molecule has 0 aromatic carbocycles. The van der Waals surface area contributed by atoms with Gasteiger partial charge < -0.3 is 5.32 Å². The summed E-state index contributed by atoms with van der Waals surface area (Å²) in [6, 6.07) is -0.686. The molecule has 1 saturated heterocycles. The Labute approximate surface area is 118 Å². The second-order valence-corrected chi connectivity index (χ2v) is 6.53. The summed E-state index contributed by atoms with van der Waals surface area (Å²) in [4.78, 5) is 38.5. The van der Waals surface area contributed by atoms with Crippen molar-refractivity contribution in [3.63, 3.8) is 0 Å². The van der Waals surface area contributed by atoms with Crippen LogP contribution in [0.5, 0.6) is 0 Å². The summed E-state index contributed by atoms with van der Waals surface area (Å²) in [5.41, 5.74) is -0.881. The Balaban J connectivity index is 2.02. The Morgan fingerprint density at radius 3 is 2.55 bits per heavy atom.